The Bertz CT molecular complexity index is 1260. The van der Waals surface area contributed by atoms with Gasteiger partial charge in [0.15, 0.2) is 22.9 Å². The Hall–Kier alpha value is -2.99. The van der Waals surface area contributed by atoms with Gasteiger partial charge in [-0.1, -0.05) is 28.1 Å². The topological polar surface area (TPSA) is 56.7 Å². The molecule has 0 saturated heterocycles. The first kappa shape index (κ1) is 15.3. The lowest BCUT2D eigenvalue weighted by Crippen LogP contribution is -1.99. The van der Waals surface area contributed by atoms with Crippen LogP contribution in [0.2, 0.25) is 0 Å². The number of nitrogens with zero attached hydrogens (tertiary/aromatic N) is 4. The Labute approximate surface area is 157 Å². The van der Waals surface area contributed by atoms with Crippen molar-refractivity contribution in [2.75, 3.05) is 0 Å². The summed E-state index contributed by atoms with van der Waals surface area (Å²) in [6.45, 7) is 2.06. The normalized spacial score (nSPS) is 11.5. The molecule has 5 rings (SSSR count). The standard InChI is InChI=1S/C20H13BrN4O/c1-12-11-13(8-9-14(12)21)25-19(17-7-4-10-26-17)24-18-20(25)23-16-6-3-2-5-15(16)22-18/h2-11H,1H3. The maximum Gasteiger partial charge on any atom is 0.199 e. The zero-order chi connectivity index (χ0) is 17.7. The molecule has 0 aliphatic carbocycles. The summed E-state index contributed by atoms with van der Waals surface area (Å²) < 4.78 is 8.66. The van der Waals surface area contributed by atoms with Crippen molar-refractivity contribution in [2.45, 2.75) is 6.92 Å². The minimum absolute atomic E-state index is 0.593. The summed E-state index contributed by atoms with van der Waals surface area (Å²) in [7, 11) is 0. The van der Waals surface area contributed by atoms with E-state index in [-0.39, 0.29) is 0 Å². The van der Waals surface area contributed by atoms with E-state index >= 15 is 0 Å². The van der Waals surface area contributed by atoms with E-state index in [9.17, 15) is 0 Å². The van der Waals surface area contributed by atoms with Crippen molar-refractivity contribution >= 4 is 38.3 Å². The highest BCUT2D eigenvalue weighted by Gasteiger charge is 2.19. The Kier molecular flexibility index (Phi) is 3.39. The van der Waals surface area contributed by atoms with E-state index in [0.717, 1.165) is 26.8 Å². The molecule has 0 atom stereocenters. The molecule has 0 unspecified atom stereocenters. The maximum atomic E-state index is 5.61. The van der Waals surface area contributed by atoms with E-state index in [4.69, 9.17) is 14.4 Å². The summed E-state index contributed by atoms with van der Waals surface area (Å²) in [5, 5.41) is 0. The zero-order valence-electron chi connectivity index (χ0n) is 13.8. The fraction of sp³-hybridized carbons (Fsp3) is 0.0500. The van der Waals surface area contributed by atoms with E-state index in [1.165, 1.54) is 0 Å². The minimum atomic E-state index is 0.593. The van der Waals surface area contributed by atoms with Gasteiger partial charge in [0.2, 0.25) is 0 Å². The van der Waals surface area contributed by atoms with E-state index in [1.54, 1.807) is 6.26 Å². The third kappa shape index (κ3) is 2.34. The van der Waals surface area contributed by atoms with Gasteiger partial charge >= 0.3 is 0 Å². The fourth-order valence-electron chi connectivity index (χ4n) is 3.04. The number of hydrogen-bond donors (Lipinski definition) is 0. The maximum absolute atomic E-state index is 5.61. The lowest BCUT2D eigenvalue weighted by Gasteiger charge is -2.09. The predicted molar refractivity (Wildman–Crippen MR) is 104 cm³/mol. The van der Waals surface area contributed by atoms with Gasteiger partial charge in [-0.15, -0.1) is 0 Å². The second kappa shape index (κ2) is 5.78. The number of aromatic nitrogens is 4. The fourth-order valence-corrected chi connectivity index (χ4v) is 3.29. The van der Waals surface area contributed by atoms with Gasteiger partial charge in [0.25, 0.3) is 0 Å². The highest BCUT2D eigenvalue weighted by Crippen LogP contribution is 2.30. The Morgan fingerprint density at radius 3 is 2.46 bits per heavy atom. The van der Waals surface area contributed by atoms with Crippen LogP contribution in [0.5, 0.6) is 0 Å². The second-order valence-corrected chi connectivity index (χ2v) is 6.90. The summed E-state index contributed by atoms with van der Waals surface area (Å²) in [6, 6.07) is 17.7. The van der Waals surface area contributed by atoms with Gasteiger partial charge < -0.3 is 4.42 Å². The third-order valence-corrected chi connectivity index (χ3v) is 5.20. The SMILES string of the molecule is Cc1cc(-n2c(-c3ccco3)nc3nc4ccccc4nc32)ccc1Br. The number of rotatable bonds is 2. The first-order valence-electron chi connectivity index (χ1n) is 8.16. The summed E-state index contributed by atoms with van der Waals surface area (Å²) in [6.07, 6.45) is 1.64. The van der Waals surface area contributed by atoms with Crippen molar-refractivity contribution in [3.8, 4) is 17.3 Å². The number of para-hydroxylation sites is 2. The molecule has 0 radical (unpaired) electrons. The number of aryl methyl sites for hydroxylation is 1. The molecule has 2 aromatic carbocycles. The van der Waals surface area contributed by atoms with E-state index in [1.807, 2.05) is 53.1 Å². The molecule has 126 valence electrons. The number of fused-ring (bicyclic) bond motifs is 2. The van der Waals surface area contributed by atoms with Crippen molar-refractivity contribution in [3.05, 3.63) is 70.9 Å². The second-order valence-electron chi connectivity index (χ2n) is 6.04. The van der Waals surface area contributed by atoms with Gasteiger partial charge in [-0.3, -0.25) is 4.57 Å². The van der Waals surface area contributed by atoms with Gasteiger partial charge in [-0.2, -0.15) is 0 Å². The quantitative estimate of drug-likeness (QED) is 0.400. The average Bonchev–Trinajstić information content (AvgIpc) is 3.29. The van der Waals surface area contributed by atoms with Crippen LogP contribution in [0.4, 0.5) is 0 Å². The summed E-state index contributed by atoms with van der Waals surface area (Å²) >= 11 is 3.56. The summed E-state index contributed by atoms with van der Waals surface area (Å²) in [5.41, 5.74) is 5.05. The molecule has 0 bridgehead atoms. The summed E-state index contributed by atoms with van der Waals surface area (Å²) in [5.74, 6) is 1.36. The largest absolute Gasteiger partial charge is 0.461 e. The molecular formula is C20H13BrN4O. The van der Waals surface area contributed by atoms with Crippen LogP contribution >= 0.6 is 15.9 Å². The molecule has 6 heteroatoms. The first-order chi connectivity index (χ1) is 12.7. The van der Waals surface area contributed by atoms with Crippen LogP contribution in [0.3, 0.4) is 0 Å². The van der Waals surface area contributed by atoms with Crippen molar-refractivity contribution in [1.82, 2.24) is 19.5 Å². The molecule has 3 heterocycles. The molecule has 26 heavy (non-hydrogen) atoms. The third-order valence-electron chi connectivity index (χ3n) is 4.31. The molecular weight excluding hydrogens is 392 g/mol. The van der Waals surface area contributed by atoms with Crippen LogP contribution in [-0.2, 0) is 0 Å². The van der Waals surface area contributed by atoms with Crippen molar-refractivity contribution in [1.29, 1.82) is 0 Å². The molecule has 5 nitrogen and oxygen atoms in total. The van der Waals surface area contributed by atoms with Gasteiger partial charge in [0, 0.05) is 10.2 Å². The number of halogens is 1. The monoisotopic (exact) mass is 404 g/mol. The van der Waals surface area contributed by atoms with Crippen LogP contribution < -0.4 is 0 Å². The van der Waals surface area contributed by atoms with Crippen molar-refractivity contribution in [3.63, 3.8) is 0 Å². The average molecular weight is 405 g/mol. The van der Waals surface area contributed by atoms with Crippen LogP contribution in [0.25, 0.3) is 39.6 Å². The van der Waals surface area contributed by atoms with E-state index < -0.39 is 0 Å². The van der Waals surface area contributed by atoms with Crippen LogP contribution in [0.1, 0.15) is 5.56 Å². The zero-order valence-corrected chi connectivity index (χ0v) is 15.4. The van der Waals surface area contributed by atoms with Gasteiger partial charge in [0.05, 0.1) is 17.3 Å². The lowest BCUT2D eigenvalue weighted by molar-refractivity contribution is 0.576. The molecule has 0 aliphatic heterocycles. The smallest absolute Gasteiger partial charge is 0.199 e. The highest BCUT2D eigenvalue weighted by atomic mass is 79.9. The Morgan fingerprint density at radius 1 is 0.923 bits per heavy atom. The van der Waals surface area contributed by atoms with Gasteiger partial charge in [0.1, 0.15) is 0 Å². The Morgan fingerprint density at radius 2 is 1.73 bits per heavy atom. The molecule has 0 saturated carbocycles. The highest BCUT2D eigenvalue weighted by molar-refractivity contribution is 9.10. The van der Waals surface area contributed by atoms with Crippen molar-refractivity contribution < 1.29 is 4.42 Å². The minimum Gasteiger partial charge on any atom is -0.461 e. The number of hydrogen-bond acceptors (Lipinski definition) is 4. The molecule has 3 aromatic heterocycles. The molecule has 0 spiro atoms. The Balaban J connectivity index is 1.89. The molecule has 0 fully saturated rings. The van der Waals surface area contributed by atoms with Crippen LogP contribution in [0.15, 0.2) is 69.8 Å². The number of furan rings is 1. The predicted octanol–water partition coefficient (Wildman–Crippen LogP) is 5.30. The number of imidazole rings is 1. The van der Waals surface area contributed by atoms with Gasteiger partial charge in [-0.25, -0.2) is 15.0 Å². The van der Waals surface area contributed by atoms with E-state index in [0.29, 0.717) is 22.9 Å². The van der Waals surface area contributed by atoms with Crippen LogP contribution in [-0.4, -0.2) is 19.5 Å². The number of benzene rings is 2. The van der Waals surface area contributed by atoms with E-state index in [2.05, 4.69) is 33.9 Å². The molecule has 0 N–H and O–H groups in total. The molecule has 0 aliphatic rings. The van der Waals surface area contributed by atoms with Crippen molar-refractivity contribution in [2.24, 2.45) is 0 Å². The molecule has 5 aromatic rings. The lowest BCUT2D eigenvalue weighted by atomic mass is 10.2. The summed E-state index contributed by atoms with van der Waals surface area (Å²) in [4.78, 5) is 14.2. The first-order valence-corrected chi connectivity index (χ1v) is 8.95. The van der Waals surface area contributed by atoms with Crippen LogP contribution in [0, 0.1) is 6.92 Å². The molecule has 0 amide bonds. The van der Waals surface area contributed by atoms with Gasteiger partial charge in [-0.05, 0) is 55.0 Å².